The van der Waals surface area contributed by atoms with E-state index >= 15 is 0 Å². The Morgan fingerprint density at radius 1 is 1.12 bits per heavy atom. The molecule has 172 valence electrons. The van der Waals surface area contributed by atoms with Crippen molar-refractivity contribution >= 4 is 17.6 Å². The maximum absolute atomic E-state index is 13.2. The van der Waals surface area contributed by atoms with Crippen LogP contribution in [0, 0.1) is 31.1 Å². The maximum Gasteiger partial charge on any atom is 0.405 e. The summed E-state index contributed by atoms with van der Waals surface area (Å²) < 4.78 is 37.0. The van der Waals surface area contributed by atoms with Gasteiger partial charge in [0.05, 0.1) is 0 Å². The van der Waals surface area contributed by atoms with E-state index in [1.54, 1.807) is 6.92 Å². The van der Waals surface area contributed by atoms with Crippen molar-refractivity contribution in [3.63, 3.8) is 0 Å². The zero-order chi connectivity index (χ0) is 23.7. The summed E-state index contributed by atoms with van der Waals surface area (Å²) >= 11 is 0. The zero-order valence-electron chi connectivity index (χ0n) is 18.5. The van der Waals surface area contributed by atoms with Gasteiger partial charge in [0.25, 0.3) is 0 Å². The van der Waals surface area contributed by atoms with Gasteiger partial charge in [0.1, 0.15) is 24.0 Å². The molecule has 1 saturated heterocycles. The quantitative estimate of drug-likeness (QED) is 0.549. The van der Waals surface area contributed by atoms with Gasteiger partial charge in [-0.05, 0) is 67.9 Å². The van der Waals surface area contributed by atoms with Crippen molar-refractivity contribution in [3.8, 4) is 11.8 Å². The molecule has 0 radical (unpaired) electrons. The SMILES string of the molecule is CC#Cc1cc(C)c(C2C(=O)CC3(CCN(C(=O)NCC(F)(F)F)CC3)CC2=O)c(C)c1. The van der Waals surface area contributed by atoms with Crippen LogP contribution in [0.25, 0.3) is 0 Å². The number of nitrogens with zero attached hydrogens (tertiary/aromatic N) is 1. The number of Topliss-reactive ketones (excluding diaryl/α,β-unsaturated/α-hetero) is 2. The first kappa shape index (κ1) is 23.8. The Balaban J connectivity index is 1.70. The van der Waals surface area contributed by atoms with Crippen molar-refractivity contribution in [2.75, 3.05) is 19.6 Å². The van der Waals surface area contributed by atoms with E-state index in [1.165, 1.54) is 4.90 Å². The molecule has 1 spiro atoms. The van der Waals surface area contributed by atoms with Gasteiger partial charge in [0.2, 0.25) is 0 Å². The van der Waals surface area contributed by atoms with Crippen molar-refractivity contribution < 1.29 is 27.6 Å². The van der Waals surface area contributed by atoms with Crippen LogP contribution in [-0.4, -0.2) is 48.3 Å². The first-order valence-electron chi connectivity index (χ1n) is 10.6. The molecule has 1 aliphatic heterocycles. The van der Waals surface area contributed by atoms with Crippen molar-refractivity contribution in [1.82, 2.24) is 10.2 Å². The number of ketones is 2. The molecule has 1 aromatic rings. The predicted octanol–water partition coefficient (Wildman–Crippen LogP) is 4.04. The van der Waals surface area contributed by atoms with Gasteiger partial charge in [-0.2, -0.15) is 13.2 Å². The highest BCUT2D eigenvalue weighted by Crippen LogP contribution is 2.46. The van der Waals surface area contributed by atoms with E-state index in [9.17, 15) is 27.6 Å². The summed E-state index contributed by atoms with van der Waals surface area (Å²) in [6.45, 7) is 4.57. The number of aryl methyl sites for hydroxylation is 2. The summed E-state index contributed by atoms with van der Waals surface area (Å²) in [4.78, 5) is 39.6. The highest BCUT2D eigenvalue weighted by Gasteiger charge is 2.48. The molecule has 32 heavy (non-hydrogen) atoms. The van der Waals surface area contributed by atoms with Crippen LogP contribution in [0.2, 0.25) is 0 Å². The average molecular weight is 448 g/mol. The molecule has 3 rings (SSSR count). The topological polar surface area (TPSA) is 66.5 Å². The van der Waals surface area contributed by atoms with Crippen LogP contribution in [0.3, 0.4) is 0 Å². The van der Waals surface area contributed by atoms with Gasteiger partial charge in [-0.3, -0.25) is 9.59 Å². The zero-order valence-corrected chi connectivity index (χ0v) is 18.5. The third-order valence-electron chi connectivity index (χ3n) is 6.45. The Hall–Kier alpha value is -2.82. The Morgan fingerprint density at radius 2 is 1.66 bits per heavy atom. The molecule has 0 atom stereocenters. The molecule has 2 amide bonds. The molecule has 1 heterocycles. The minimum absolute atomic E-state index is 0.128. The van der Waals surface area contributed by atoms with Gasteiger partial charge in [0.15, 0.2) is 0 Å². The summed E-state index contributed by atoms with van der Waals surface area (Å²) in [6, 6.07) is 3.01. The molecule has 1 aromatic carbocycles. The fraction of sp³-hybridized carbons (Fsp3) is 0.542. The summed E-state index contributed by atoms with van der Waals surface area (Å²) in [6.07, 6.45) is -3.17. The van der Waals surface area contributed by atoms with Crippen LogP contribution in [-0.2, 0) is 9.59 Å². The van der Waals surface area contributed by atoms with Crippen LogP contribution in [0.15, 0.2) is 12.1 Å². The number of urea groups is 1. The fourth-order valence-electron chi connectivity index (χ4n) is 4.98. The van der Waals surface area contributed by atoms with Crippen molar-refractivity contribution in [2.24, 2.45) is 5.41 Å². The molecule has 1 N–H and O–H groups in total. The van der Waals surface area contributed by atoms with E-state index in [4.69, 9.17) is 0 Å². The number of likely N-dealkylation sites (tertiary alicyclic amines) is 1. The van der Waals surface area contributed by atoms with Crippen LogP contribution < -0.4 is 5.32 Å². The number of halogens is 3. The number of benzene rings is 1. The van der Waals surface area contributed by atoms with Crippen molar-refractivity contribution in [3.05, 3.63) is 34.4 Å². The van der Waals surface area contributed by atoms with E-state index in [0.717, 1.165) is 22.3 Å². The van der Waals surface area contributed by atoms with E-state index in [2.05, 4.69) is 11.8 Å². The van der Waals surface area contributed by atoms with Crippen molar-refractivity contribution in [2.45, 2.75) is 58.5 Å². The Bertz CT molecular complexity index is 953. The number of carbonyl (C=O) groups is 3. The largest absolute Gasteiger partial charge is 0.405 e. The second-order valence-electron chi connectivity index (χ2n) is 8.88. The Kier molecular flexibility index (Phi) is 6.68. The molecule has 8 heteroatoms. The summed E-state index contributed by atoms with van der Waals surface area (Å²) in [5.74, 6) is 4.80. The van der Waals surface area contributed by atoms with E-state index in [0.29, 0.717) is 12.8 Å². The van der Waals surface area contributed by atoms with E-state index in [-0.39, 0.29) is 37.5 Å². The van der Waals surface area contributed by atoms with Gasteiger partial charge in [0, 0.05) is 31.5 Å². The molecular weight excluding hydrogens is 421 g/mol. The van der Waals surface area contributed by atoms with Crippen LogP contribution >= 0.6 is 0 Å². The molecule has 1 saturated carbocycles. The number of hydrogen-bond acceptors (Lipinski definition) is 3. The number of amides is 2. The normalized spacial score (nSPS) is 19.0. The van der Waals surface area contributed by atoms with E-state index < -0.39 is 30.1 Å². The first-order chi connectivity index (χ1) is 14.9. The number of alkyl halides is 3. The molecule has 2 fully saturated rings. The van der Waals surface area contributed by atoms with Crippen molar-refractivity contribution in [1.29, 1.82) is 0 Å². The number of carbonyl (C=O) groups excluding carboxylic acids is 3. The molecule has 0 aromatic heterocycles. The lowest BCUT2D eigenvalue weighted by molar-refractivity contribution is -0.138. The Morgan fingerprint density at radius 3 is 2.12 bits per heavy atom. The summed E-state index contributed by atoms with van der Waals surface area (Å²) in [7, 11) is 0. The molecule has 2 aliphatic rings. The fourth-order valence-corrected chi connectivity index (χ4v) is 4.98. The van der Waals surface area contributed by atoms with Gasteiger partial charge >= 0.3 is 12.2 Å². The average Bonchev–Trinajstić information content (AvgIpc) is 2.68. The molecule has 0 unspecified atom stereocenters. The smallest absolute Gasteiger partial charge is 0.329 e. The molecule has 5 nitrogen and oxygen atoms in total. The lowest BCUT2D eigenvalue weighted by Gasteiger charge is -2.44. The monoisotopic (exact) mass is 448 g/mol. The summed E-state index contributed by atoms with van der Waals surface area (Å²) in [5.41, 5.74) is 2.79. The van der Waals surface area contributed by atoms with Crippen LogP contribution in [0.4, 0.5) is 18.0 Å². The van der Waals surface area contributed by atoms with Gasteiger partial charge in [-0.15, -0.1) is 5.92 Å². The van der Waals surface area contributed by atoms with E-state index in [1.807, 2.05) is 31.3 Å². The maximum atomic E-state index is 13.2. The highest BCUT2D eigenvalue weighted by molar-refractivity contribution is 6.10. The summed E-state index contributed by atoms with van der Waals surface area (Å²) in [5, 5.41) is 1.87. The minimum Gasteiger partial charge on any atom is -0.329 e. The van der Waals surface area contributed by atoms with Gasteiger partial charge in [-0.1, -0.05) is 5.92 Å². The number of piperidine rings is 1. The van der Waals surface area contributed by atoms with Gasteiger partial charge < -0.3 is 10.2 Å². The third-order valence-corrected chi connectivity index (χ3v) is 6.45. The predicted molar refractivity (Wildman–Crippen MR) is 113 cm³/mol. The minimum atomic E-state index is -4.47. The lowest BCUT2D eigenvalue weighted by atomic mass is 9.62. The van der Waals surface area contributed by atoms with Crippen LogP contribution in [0.5, 0.6) is 0 Å². The molecule has 1 aliphatic carbocycles. The standard InChI is InChI=1S/C24H27F3N2O3/c1-4-5-17-10-15(2)20(16(3)11-17)21-18(30)12-23(13-19(21)31)6-8-29(9-7-23)22(32)28-14-24(25,26)27/h10-11,21H,6-9,12-14H2,1-3H3,(H,28,32). The molecular formula is C24H27F3N2O3. The third kappa shape index (κ3) is 5.14. The van der Waals surface area contributed by atoms with Gasteiger partial charge in [-0.25, -0.2) is 4.79 Å². The number of hydrogen-bond donors (Lipinski definition) is 1. The lowest BCUT2D eigenvalue weighted by Crippen LogP contribution is -2.51. The Labute approximate surface area is 185 Å². The molecule has 0 bridgehead atoms. The van der Waals surface area contributed by atoms with Crippen LogP contribution in [0.1, 0.15) is 60.8 Å². The number of nitrogens with one attached hydrogen (secondary N) is 1. The second-order valence-corrected chi connectivity index (χ2v) is 8.88. The number of rotatable bonds is 2. The highest BCUT2D eigenvalue weighted by atomic mass is 19.4. The first-order valence-corrected chi connectivity index (χ1v) is 10.6. The second kappa shape index (κ2) is 8.97.